The van der Waals surface area contributed by atoms with E-state index in [1.165, 1.54) is 6.33 Å². The van der Waals surface area contributed by atoms with E-state index in [4.69, 9.17) is 9.47 Å². The minimum absolute atomic E-state index is 0.504. The quantitative estimate of drug-likeness (QED) is 0.247. The molecule has 0 aliphatic carbocycles. The highest BCUT2D eigenvalue weighted by molar-refractivity contribution is 5.95. The molecule has 0 unspecified atom stereocenters. The average molecular weight is 457 g/mol. The molecule has 0 saturated heterocycles. The Hall–Kier alpha value is -4.25. The van der Waals surface area contributed by atoms with E-state index >= 15 is 0 Å². The molecule has 0 fully saturated rings. The second kappa shape index (κ2) is 10.6. The molecule has 0 aliphatic rings. The fourth-order valence-electron chi connectivity index (χ4n) is 4.01. The van der Waals surface area contributed by atoms with Gasteiger partial charge >= 0.3 is 0 Å². The number of benzene rings is 2. The number of rotatable bonds is 11. The van der Waals surface area contributed by atoms with Crippen molar-refractivity contribution in [3.8, 4) is 23.1 Å². The van der Waals surface area contributed by atoms with E-state index in [1.807, 2.05) is 49.4 Å². The smallest absolute Gasteiger partial charge is 0.183 e. The van der Waals surface area contributed by atoms with Crippen molar-refractivity contribution in [3.63, 3.8) is 0 Å². The molecule has 2 aromatic carbocycles. The van der Waals surface area contributed by atoms with Gasteiger partial charge in [0.1, 0.15) is 24.5 Å². The zero-order chi connectivity index (χ0) is 23.9. The minimum Gasteiger partial charge on any atom is -0.493 e. The van der Waals surface area contributed by atoms with Gasteiger partial charge in [-0.2, -0.15) is 10.4 Å². The first kappa shape index (κ1) is 22.9. The van der Waals surface area contributed by atoms with Crippen LogP contribution in [0.5, 0.6) is 5.75 Å². The van der Waals surface area contributed by atoms with Gasteiger partial charge in [0.25, 0.3) is 0 Å². The first-order chi connectivity index (χ1) is 16.6. The van der Waals surface area contributed by atoms with Crippen LogP contribution < -0.4 is 10.1 Å². The monoisotopic (exact) mass is 456 g/mol. The van der Waals surface area contributed by atoms with Crippen LogP contribution in [0.25, 0.3) is 22.2 Å². The van der Waals surface area contributed by atoms with Crippen molar-refractivity contribution in [2.75, 3.05) is 18.5 Å². The summed E-state index contributed by atoms with van der Waals surface area (Å²) in [4.78, 5) is 3.95. The Bertz CT molecular complexity index is 1300. The van der Waals surface area contributed by atoms with Gasteiger partial charge in [-0.15, -0.1) is 0 Å². The fourth-order valence-corrected chi connectivity index (χ4v) is 4.01. The standard InChI is InChI=1S/C26H28N6O2/c1-4-32-25-15-22(34-14-6-13-31-18-28-17-29-31)11-12-23(25)24(16-27)26(32)20-7-9-21(10-8-20)30-19(3)33-5-2/h7-12,15,17-18,30H,3-6,13-14H2,1-2H3. The van der Waals surface area contributed by atoms with Crippen LogP contribution in [0.3, 0.4) is 0 Å². The van der Waals surface area contributed by atoms with E-state index in [0.29, 0.717) is 24.7 Å². The summed E-state index contributed by atoms with van der Waals surface area (Å²) in [6.45, 7) is 10.4. The van der Waals surface area contributed by atoms with Gasteiger partial charge < -0.3 is 19.4 Å². The number of aromatic nitrogens is 4. The molecule has 0 saturated carbocycles. The Morgan fingerprint density at radius 2 is 2.00 bits per heavy atom. The number of hydrogen-bond acceptors (Lipinski definition) is 6. The van der Waals surface area contributed by atoms with E-state index in [-0.39, 0.29) is 0 Å². The Labute approximate surface area is 199 Å². The number of ether oxygens (including phenoxy) is 2. The summed E-state index contributed by atoms with van der Waals surface area (Å²) in [5.74, 6) is 1.28. The molecule has 2 heterocycles. The van der Waals surface area contributed by atoms with Gasteiger partial charge in [0.2, 0.25) is 0 Å². The third-order valence-electron chi connectivity index (χ3n) is 5.49. The predicted molar refractivity (Wildman–Crippen MR) is 132 cm³/mol. The van der Waals surface area contributed by atoms with Crippen molar-refractivity contribution in [3.05, 3.63) is 73.1 Å². The normalized spacial score (nSPS) is 10.7. The van der Waals surface area contributed by atoms with Gasteiger partial charge in [-0.05, 0) is 50.3 Å². The van der Waals surface area contributed by atoms with Gasteiger partial charge in [-0.1, -0.05) is 12.1 Å². The van der Waals surface area contributed by atoms with Crippen molar-refractivity contribution >= 4 is 16.6 Å². The Balaban J connectivity index is 1.58. The summed E-state index contributed by atoms with van der Waals surface area (Å²) in [5.41, 5.74) is 4.39. The topological polar surface area (TPSA) is 89.9 Å². The van der Waals surface area contributed by atoms with Crippen LogP contribution in [-0.2, 0) is 17.8 Å². The van der Waals surface area contributed by atoms with Crippen LogP contribution in [0.4, 0.5) is 5.69 Å². The maximum absolute atomic E-state index is 10.0. The van der Waals surface area contributed by atoms with E-state index in [9.17, 15) is 5.26 Å². The predicted octanol–water partition coefficient (Wildman–Crippen LogP) is 5.18. The highest BCUT2D eigenvalue weighted by atomic mass is 16.5. The van der Waals surface area contributed by atoms with Gasteiger partial charge in [0.05, 0.1) is 30.0 Å². The van der Waals surface area contributed by atoms with E-state index < -0.39 is 0 Å². The van der Waals surface area contributed by atoms with Crippen molar-refractivity contribution in [2.45, 2.75) is 33.4 Å². The number of nitrogens with one attached hydrogen (secondary N) is 1. The molecule has 8 heteroatoms. The summed E-state index contributed by atoms with van der Waals surface area (Å²) in [6.07, 6.45) is 4.05. The second-order valence-electron chi connectivity index (χ2n) is 7.68. The molecule has 0 spiro atoms. The summed E-state index contributed by atoms with van der Waals surface area (Å²) in [5, 5.41) is 18.2. The third-order valence-corrected chi connectivity index (χ3v) is 5.49. The Kier molecular flexibility index (Phi) is 7.13. The first-order valence-corrected chi connectivity index (χ1v) is 11.3. The lowest BCUT2D eigenvalue weighted by Crippen LogP contribution is -2.05. The number of nitriles is 1. The maximum Gasteiger partial charge on any atom is 0.183 e. The highest BCUT2D eigenvalue weighted by Crippen LogP contribution is 2.35. The highest BCUT2D eigenvalue weighted by Gasteiger charge is 2.18. The van der Waals surface area contributed by atoms with E-state index in [2.05, 4.69) is 39.5 Å². The maximum atomic E-state index is 10.0. The zero-order valence-corrected chi connectivity index (χ0v) is 19.5. The molecular weight excluding hydrogens is 428 g/mol. The van der Waals surface area contributed by atoms with Gasteiger partial charge in [0, 0.05) is 36.7 Å². The van der Waals surface area contributed by atoms with Crippen LogP contribution in [0.2, 0.25) is 0 Å². The summed E-state index contributed by atoms with van der Waals surface area (Å²) >= 11 is 0. The number of aryl methyl sites for hydroxylation is 2. The van der Waals surface area contributed by atoms with Crippen LogP contribution in [0.15, 0.2) is 67.6 Å². The van der Waals surface area contributed by atoms with Crippen LogP contribution >= 0.6 is 0 Å². The second-order valence-corrected chi connectivity index (χ2v) is 7.68. The van der Waals surface area contributed by atoms with E-state index in [1.54, 1.807) is 11.0 Å². The Morgan fingerprint density at radius 1 is 1.18 bits per heavy atom. The molecule has 0 atom stereocenters. The largest absolute Gasteiger partial charge is 0.493 e. The molecule has 0 bridgehead atoms. The van der Waals surface area contributed by atoms with Crippen molar-refractivity contribution in [2.24, 2.45) is 0 Å². The third kappa shape index (κ3) is 4.89. The lowest BCUT2D eigenvalue weighted by atomic mass is 10.1. The van der Waals surface area contributed by atoms with E-state index in [0.717, 1.165) is 53.1 Å². The lowest BCUT2D eigenvalue weighted by molar-refractivity contribution is 0.236. The summed E-state index contributed by atoms with van der Waals surface area (Å²) < 4.78 is 15.3. The summed E-state index contributed by atoms with van der Waals surface area (Å²) in [6, 6.07) is 16.3. The van der Waals surface area contributed by atoms with Gasteiger partial charge in [-0.25, -0.2) is 4.98 Å². The molecule has 1 N–H and O–H groups in total. The molecule has 174 valence electrons. The average Bonchev–Trinajstić information content (AvgIpc) is 3.47. The molecule has 0 radical (unpaired) electrons. The fraction of sp³-hybridized carbons (Fsp3) is 0.269. The SMILES string of the molecule is C=C(Nc1ccc(-c2c(C#N)c3ccc(OCCCn4cncn4)cc3n2CC)cc1)OCC. The van der Waals surface area contributed by atoms with Crippen LogP contribution in [-0.4, -0.2) is 32.5 Å². The molecular formula is C26H28N6O2. The van der Waals surface area contributed by atoms with Crippen molar-refractivity contribution in [1.82, 2.24) is 19.3 Å². The van der Waals surface area contributed by atoms with Crippen molar-refractivity contribution in [1.29, 1.82) is 5.26 Å². The number of nitrogens with zero attached hydrogens (tertiary/aromatic N) is 5. The number of anilines is 1. The summed E-state index contributed by atoms with van der Waals surface area (Å²) in [7, 11) is 0. The minimum atomic E-state index is 0.504. The molecule has 2 aromatic heterocycles. The Morgan fingerprint density at radius 3 is 2.68 bits per heavy atom. The van der Waals surface area contributed by atoms with Gasteiger partial charge in [-0.3, -0.25) is 4.68 Å². The molecule has 4 aromatic rings. The molecule has 4 rings (SSSR count). The molecule has 0 aliphatic heterocycles. The molecule has 8 nitrogen and oxygen atoms in total. The van der Waals surface area contributed by atoms with Crippen molar-refractivity contribution < 1.29 is 9.47 Å². The lowest BCUT2D eigenvalue weighted by Gasteiger charge is -2.12. The molecule has 0 amide bonds. The molecule has 34 heavy (non-hydrogen) atoms. The zero-order valence-electron chi connectivity index (χ0n) is 19.5. The first-order valence-electron chi connectivity index (χ1n) is 11.3. The number of fused-ring (bicyclic) bond motifs is 1. The van der Waals surface area contributed by atoms with Crippen LogP contribution in [0, 0.1) is 11.3 Å². The number of hydrogen-bond donors (Lipinski definition) is 1. The van der Waals surface area contributed by atoms with Gasteiger partial charge in [0.15, 0.2) is 5.88 Å². The van der Waals surface area contributed by atoms with Crippen LogP contribution in [0.1, 0.15) is 25.8 Å².